The number of rotatable bonds is 4. The van der Waals surface area contributed by atoms with Gasteiger partial charge in [-0.3, -0.25) is 4.79 Å². The molecule has 0 aliphatic rings. The number of hydrogen-bond donors (Lipinski definition) is 0. The van der Waals surface area contributed by atoms with Gasteiger partial charge in [0.2, 0.25) is 0 Å². The first kappa shape index (κ1) is 11.9. The first-order chi connectivity index (χ1) is 8.24. The van der Waals surface area contributed by atoms with Crippen LogP contribution < -0.4 is 0 Å². The van der Waals surface area contributed by atoms with Gasteiger partial charge >= 0.3 is 0 Å². The molecule has 0 spiro atoms. The Labute approximate surface area is 105 Å². The fourth-order valence-electron chi connectivity index (χ4n) is 1.75. The summed E-state index contributed by atoms with van der Waals surface area (Å²) in [7, 11) is 0. The summed E-state index contributed by atoms with van der Waals surface area (Å²) in [4.78, 5) is 14.9. The highest BCUT2D eigenvalue weighted by atomic mass is 35.5. The Morgan fingerprint density at radius 3 is 2.94 bits per heavy atom. The van der Waals surface area contributed by atoms with Crippen molar-refractivity contribution in [3.05, 3.63) is 52.6 Å². The van der Waals surface area contributed by atoms with Crippen molar-refractivity contribution in [2.45, 2.75) is 19.9 Å². The van der Waals surface area contributed by atoms with E-state index in [1.807, 2.05) is 12.3 Å². The maximum absolute atomic E-state index is 10.6. The van der Waals surface area contributed by atoms with Gasteiger partial charge in [-0.25, -0.2) is 4.98 Å². The van der Waals surface area contributed by atoms with Gasteiger partial charge in [-0.15, -0.1) is 0 Å². The minimum absolute atomic E-state index is 0.595. The highest BCUT2D eigenvalue weighted by molar-refractivity contribution is 6.31. The smallest absolute Gasteiger partial charge is 0.150 e. The summed E-state index contributed by atoms with van der Waals surface area (Å²) >= 11 is 6.12. The predicted molar refractivity (Wildman–Crippen MR) is 67.5 cm³/mol. The fraction of sp³-hybridized carbons (Fsp3) is 0.231. The Morgan fingerprint density at radius 1 is 1.47 bits per heavy atom. The molecule has 0 radical (unpaired) electrons. The lowest BCUT2D eigenvalue weighted by Crippen LogP contribution is -2.02. The highest BCUT2D eigenvalue weighted by Crippen LogP contribution is 2.20. The lowest BCUT2D eigenvalue weighted by atomic mass is 10.1. The molecule has 1 heterocycles. The molecule has 3 nitrogen and oxygen atoms in total. The Kier molecular flexibility index (Phi) is 3.59. The van der Waals surface area contributed by atoms with Crippen LogP contribution in [0.25, 0.3) is 0 Å². The molecule has 17 heavy (non-hydrogen) atoms. The van der Waals surface area contributed by atoms with Crippen molar-refractivity contribution in [3.8, 4) is 0 Å². The largest absolute Gasteiger partial charge is 0.335 e. The monoisotopic (exact) mass is 248 g/mol. The quantitative estimate of drug-likeness (QED) is 0.780. The summed E-state index contributed by atoms with van der Waals surface area (Å²) in [6.45, 7) is 2.96. The van der Waals surface area contributed by atoms with E-state index in [0.29, 0.717) is 17.0 Å². The van der Waals surface area contributed by atoms with Crippen molar-refractivity contribution in [1.29, 1.82) is 0 Å². The number of halogens is 1. The second-order valence-electron chi connectivity index (χ2n) is 3.77. The maximum Gasteiger partial charge on any atom is 0.150 e. The SMILES string of the molecule is CCn1ccnc1Cc1ccc(C=O)cc1Cl. The average molecular weight is 249 g/mol. The van der Waals surface area contributed by atoms with Crippen molar-refractivity contribution in [3.63, 3.8) is 0 Å². The third kappa shape index (κ3) is 2.56. The van der Waals surface area contributed by atoms with E-state index in [0.717, 1.165) is 24.2 Å². The molecular formula is C13H13ClN2O. The number of aromatic nitrogens is 2. The fourth-order valence-corrected chi connectivity index (χ4v) is 2.00. The van der Waals surface area contributed by atoms with E-state index in [4.69, 9.17) is 11.6 Å². The summed E-state index contributed by atoms with van der Waals surface area (Å²) in [6.07, 6.45) is 5.21. The molecule has 4 heteroatoms. The zero-order valence-electron chi connectivity index (χ0n) is 9.56. The van der Waals surface area contributed by atoms with Crippen molar-refractivity contribution >= 4 is 17.9 Å². The molecule has 0 saturated carbocycles. The summed E-state index contributed by atoms with van der Waals surface area (Å²) in [5, 5.41) is 0.611. The molecule has 2 rings (SSSR count). The lowest BCUT2D eigenvalue weighted by Gasteiger charge is -2.06. The third-order valence-electron chi connectivity index (χ3n) is 2.70. The van der Waals surface area contributed by atoms with E-state index in [2.05, 4.69) is 16.5 Å². The van der Waals surface area contributed by atoms with Crippen LogP contribution in [-0.2, 0) is 13.0 Å². The van der Waals surface area contributed by atoms with Crippen LogP contribution in [-0.4, -0.2) is 15.8 Å². The molecule has 1 aromatic heterocycles. The standard InChI is InChI=1S/C13H13ClN2O/c1-2-16-6-5-15-13(16)8-11-4-3-10(9-17)7-12(11)14/h3-7,9H,2,8H2,1H3. The second-order valence-corrected chi connectivity index (χ2v) is 4.18. The first-order valence-electron chi connectivity index (χ1n) is 5.48. The van der Waals surface area contributed by atoms with Crippen LogP contribution in [0, 0.1) is 0 Å². The van der Waals surface area contributed by atoms with Gasteiger partial charge < -0.3 is 4.57 Å². The Morgan fingerprint density at radius 2 is 2.29 bits per heavy atom. The number of hydrogen-bond acceptors (Lipinski definition) is 2. The van der Waals surface area contributed by atoms with E-state index in [9.17, 15) is 4.79 Å². The van der Waals surface area contributed by atoms with Gasteiger partial charge in [0.1, 0.15) is 12.1 Å². The van der Waals surface area contributed by atoms with Gasteiger partial charge in [-0.2, -0.15) is 0 Å². The van der Waals surface area contributed by atoms with E-state index in [1.54, 1.807) is 18.3 Å². The van der Waals surface area contributed by atoms with Crippen molar-refractivity contribution in [2.75, 3.05) is 0 Å². The summed E-state index contributed by atoms with van der Waals surface area (Å²) in [6, 6.07) is 5.33. The zero-order valence-corrected chi connectivity index (χ0v) is 10.3. The minimum atomic E-state index is 0.595. The van der Waals surface area contributed by atoms with Crippen molar-refractivity contribution in [1.82, 2.24) is 9.55 Å². The number of nitrogens with zero attached hydrogens (tertiary/aromatic N) is 2. The minimum Gasteiger partial charge on any atom is -0.335 e. The highest BCUT2D eigenvalue weighted by Gasteiger charge is 2.07. The molecule has 0 aliphatic heterocycles. The number of benzene rings is 1. The van der Waals surface area contributed by atoms with Crippen molar-refractivity contribution < 1.29 is 4.79 Å². The van der Waals surface area contributed by atoms with Crippen LogP contribution in [0.1, 0.15) is 28.7 Å². The maximum atomic E-state index is 10.6. The van der Waals surface area contributed by atoms with Gasteiger partial charge in [0, 0.05) is 35.9 Å². The van der Waals surface area contributed by atoms with E-state index < -0.39 is 0 Å². The van der Waals surface area contributed by atoms with Crippen molar-refractivity contribution in [2.24, 2.45) is 0 Å². The molecule has 0 N–H and O–H groups in total. The van der Waals surface area contributed by atoms with E-state index >= 15 is 0 Å². The van der Waals surface area contributed by atoms with Gasteiger partial charge in [0.15, 0.2) is 0 Å². The van der Waals surface area contributed by atoms with Crippen LogP contribution in [0.3, 0.4) is 0 Å². The average Bonchev–Trinajstić information content (AvgIpc) is 2.79. The number of aldehydes is 1. The number of aryl methyl sites for hydroxylation is 1. The Balaban J connectivity index is 2.27. The zero-order chi connectivity index (χ0) is 12.3. The molecule has 0 fully saturated rings. The van der Waals surface area contributed by atoms with E-state index in [1.165, 1.54) is 0 Å². The summed E-state index contributed by atoms with van der Waals surface area (Å²) < 4.78 is 2.07. The van der Waals surface area contributed by atoms with Gasteiger partial charge in [-0.1, -0.05) is 23.7 Å². The third-order valence-corrected chi connectivity index (χ3v) is 3.06. The molecule has 0 saturated heterocycles. The topological polar surface area (TPSA) is 34.9 Å². The molecule has 0 bridgehead atoms. The van der Waals surface area contributed by atoms with Crippen LogP contribution in [0.5, 0.6) is 0 Å². The molecule has 0 amide bonds. The first-order valence-corrected chi connectivity index (χ1v) is 5.86. The second kappa shape index (κ2) is 5.15. The number of imidazole rings is 1. The molecule has 0 aliphatic carbocycles. The molecule has 0 unspecified atom stereocenters. The summed E-state index contributed by atoms with van der Waals surface area (Å²) in [5.74, 6) is 0.980. The van der Waals surface area contributed by atoms with Gasteiger partial charge in [0.25, 0.3) is 0 Å². The molecule has 88 valence electrons. The molecule has 1 aromatic carbocycles. The lowest BCUT2D eigenvalue weighted by molar-refractivity contribution is 0.112. The van der Waals surface area contributed by atoms with Crippen LogP contribution in [0.4, 0.5) is 0 Å². The summed E-state index contributed by atoms with van der Waals surface area (Å²) in [5.41, 5.74) is 1.58. The Bertz CT molecular complexity index is 534. The molecule has 2 aromatic rings. The molecular weight excluding hydrogens is 236 g/mol. The van der Waals surface area contributed by atoms with E-state index in [-0.39, 0.29) is 0 Å². The van der Waals surface area contributed by atoms with Crippen LogP contribution >= 0.6 is 11.6 Å². The predicted octanol–water partition coefficient (Wildman–Crippen LogP) is 2.96. The number of carbonyl (C=O) groups is 1. The van der Waals surface area contributed by atoms with Crippen LogP contribution in [0.15, 0.2) is 30.6 Å². The van der Waals surface area contributed by atoms with Crippen LogP contribution in [0.2, 0.25) is 5.02 Å². The Hall–Kier alpha value is -1.61. The van der Waals surface area contributed by atoms with Gasteiger partial charge in [0.05, 0.1) is 0 Å². The van der Waals surface area contributed by atoms with Gasteiger partial charge in [-0.05, 0) is 18.6 Å². The normalized spacial score (nSPS) is 10.5. The number of carbonyl (C=O) groups excluding carboxylic acids is 1. The molecule has 0 atom stereocenters.